The number of halogens is 2. The summed E-state index contributed by atoms with van der Waals surface area (Å²) in [4.78, 5) is 61.1. The van der Waals surface area contributed by atoms with Crippen molar-refractivity contribution in [1.29, 1.82) is 0 Å². The number of carbonyl (C=O) groups excluding carboxylic acids is 4. The van der Waals surface area contributed by atoms with Gasteiger partial charge in [-0.2, -0.15) is 0 Å². The molecule has 1 heterocycles. The smallest absolute Gasteiger partial charge is 0.306 e. The Morgan fingerprint density at radius 3 is 1.74 bits per heavy atom. The van der Waals surface area contributed by atoms with Gasteiger partial charge in [-0.15, -0.1) is 23.2 Å². The van der Waals surface area contributed by atoms with Crippen LogP contribution in [-0.2, 0) is 28.9 Å². The number of amides is 2. The quantitative estimate of drug-likeness (QED) is 0.0559. The van der Waals surface area contributed by atoms with Crippen LogP contribution in [0.2, 0.25) is 0 Å². The zero-order valence-electron chi connectivity index (χ0n) is 22.8. The van der Waals surface area contributed by atoms with Crippen molar-refractivity contribution in [3.63, 3.8) is 0 Å². The first-order valence-electron chi connectivity index (χ1n) is 14.0. The highest BCUT2D eigenvalue weighted by molar-refractivity contribution is 6.36. The molecule has 0 N–H and O–H groups in total. The van der Waals surface area contributed by atoms with Crippen molar-refractivity contribution in [1.82, 2.24) is 4.90 Å². The number of rotatable bonds is 10. The monoisotopic (exact) mass is 620 g/mol. The molecule has 43 heavy (non-hydrogen) atoms. The van der Waals surface area contributed by atoms with Crippen LogP contribution in [0.5, 0.6) is 0 Å². The maximum Gasteiger partial charge on any atom is 0.306 e. The Morgan fingerprint density at radius 1 is 0.791 bits per heavy atom. The van der Waals surface area contributed by atoms with Crippen LogP contribution in [0.4, 0.5) is 5.69 Å². The number of nitrogens with zero attached hydrogens (tertiary/aromatic N) is 2. The average molecular weight is 621 g/mol. The number of carbonyl (C=O) groups is 4. The number of hydrogen-bond donors (Lipinski definition) is 0. The van der Waals surface area contributed by atoms with Gasteiger partial charge in [-0.3, -0.25) is 34.2 Å². The van der Waals surface area contributed by atoms with Crippen molar-refractivity contribution in [2.24, 2.45) is 11.8 Å². The van der Waals surface area contributed by atoms with Crippen molar-refractivity contribution < 1.29 is 28.8 Å². The third kappa shape index (κ3) is 4.44. The van der Waals surface area contributed by atoms with Gasteiger partial charge in [0.05, 0.1) is 16.8 Å². The number of likely N-dealkylation sites (tertiary alicyclic amines) is 1. The van der Waals surface area contributed by atoms with Gasteiger partial charge in [0.2, 0.25) is 11.8 Å². The summed E-state index contributed by atoms with van der Waals surface area (Å²) in [6, 6.07) is 20.0. The third-order valence-corrected chi connectivity index (χ3v) is 9.99. The Morgan fingerprint density at radius 2 is 1.28 bits per heavy atom. The van der Waals surface area contributed by atoms with E-state index < -0.39 is 44.9 Å². The number of hydrogen-bond acceptors (Lipinski definition) is 7. The van der Waals surface area contributed by atoms with Crippen LogP contribution in [0.1, 0.15) is 58.3 Å². The van der Waals surface area contributed by atoms with Gasteiger partial charge in [-0.05, 0) is 47.2 Å². The predicted molar refractivity (Wildman–Crippen MR) is 157 cm³/mol. The highest BCUT2D eigenvalue weighted by Crippen LogP contribution is 2.69. The molecule has 3 aromatic carbocycles. The second-order valence-electron chi connectivity index (χ2n) is 11.0. The Labute approximate surface area is 256 Å². The number of benzene rings is 3. The fourth-order valence-corrected chi connectivity index (χ4v) is 7.83. The second kappa shape index (κ2) is 10.9. The van der Waals surface area contributed by atoms with Crippen LogP contribution in [0.25, 0.3) is 0 Å². The number of nitro benzene ring substituents is 1. The van der Waals surface area contributed by atoms with E-state index >= 15 is 0 Å². The predicted octanol–water partition coefficient (Wildman–Crippen LogP) is 5.47. The summed E-state index contributed by atoms with van der Waals surface area (Å²) in [5.74, 6) is -3.40. The van der Waals surface area contributed by atoms with Gasteiger partial charge in [-0.1, -0.05) is 55.0 Å². The molecule has 1 fully saturated rings. The first-order valence-corrected chi connectivity index (χ1v) is 14.7. The highest BCUT2D eigenvalue weighted by Gasteiger charge is 2.72. The minimum absolute atomic E-state index is 0.0564. The van der Waals surface area contributed by atoms with Crippen molar-refractivity contribution in [3.05, 3.63) is 111 Å². The maximum atomic E-state index is 13.8. The molecule has 2 amide bonds. The number of unbranched alkanes of at least 4 members (excludes halogenated alkanes) is 2. The molecule has 4 aliphatic rings. The fourth-order valence-electron chi connectivity index (χ4n) is 6.73. The molecule has 0 saturated carbocycles. The van der Waals surface area contributed by atoms with Gasteiger partial charge in [0.15, 0.2) is 12.4 Å². The second-order valence-corrected chi connectivity index (χ2v) is 12.2. The molecule has 11 heteroatoms. The van der Waals surface area contributed by atoms with E-state index in [0.29, 0.717) is 19.3 Å². The molecule has 0 unspecified atom stereocenters. The van der Waals surface area contributed by atoms with Gasteiger partial charge in [-0.25, -0.2) is 0 Å². The van der Waals surface area contributed by atoms with Crippen LogP contribution in [0.15, 0.2) is 72.8 Å². The number of alkyl halides is 2. The van der Waals surface area contributed by atoms with Crippen LogP contribution >= 0.6 is 23.2 Å². The Kier molecular flexibility index (Phi) is 7.34. The van der Waals surface area contributed by atoms with Gasteiger partial charge in [0.1, 0.15) is 9.75 Å². The third-order valence-electron chi connectivity index (χ3n) is 8.70. The molecule has 220 valence electrons. The maximum absolute atomic E-state index is 13.8. The number of esters is 1. The number of ether oxygens (including phenoxy) is 1. The molecule has 0 radical (unpaired) electrons. The molecule has 3 aromatic rings. The van der Waals surface area contributed by atoms with Crippen LogP contribution in [-0.4, -0.2) is 46.5 Å². The SMILES string of the molecule is O=C(CCCCCN1C(=O)[C@H]2[C@H](C1=O)C1(Cl)c3ccccc3C2(Cl)c2ccccc21)OCC(=O)c1ccc([N+](=O)[O-])cc1. The highest BCUT2D eigenvalue weighted by atomic mass is 35.5. The van der Waals surface area contributed by atoms with Crippen molar-refractivity contribution in [2.45, 2.75) is 35.4 Å². The summed E-state index contributed by atoms with van der Waals surface area (Å²) in [5, 5.41) is 10.8. The fraction of sp³-hybridized carbons (Fsp3) is 0.312. The number of imide groups is 1. The number of nitro groups is 1. The lowest BCUT2D eigenvalue weighted by molar-refractivity contribution is -0.384. The number of ketones is 1. The van der Waals surface area contributed by atoms with Crippen molar-refractivity contribution >= 4 is 52.5 Å². The molecule has 0 aromatic heterocycles. The molecule has 9 nitrogen and oxygen atoms in total. The zero-order chi connectivity index (χ0) is 30.5. The molecule has 2 atom stereocenters. The normalized spacial score (nSPS) is 24.7. The van der Waals surface area contributed by atoms with E-state index in [0.717, 1.165) is 22.3 Å². The standard InChI is InChI=1S/C32H26Cl2N2O7/c33-31-21-8-3-4-9-22(21)32(34,24-11-6-5-10-23(24)31)28-27(31)29(39)35(30(28)40)17-7-1-2-12-26(38)43-18-25(37)19-13-15-20(16-14-19)36(41)42/h3-6,8-11,13-16,27-28H,1-2,7,12,17-18H2/t27-,28-,31?,32?/m1/s1. The number of Topliss-reactive ketones (excluding diaryl/α,β-unsaturated/α-hetero) is 1. The van der Waals surface area contributed by atoms with E-state index in [1.165, 1.54) is 29.2 Å². The summed E-state index contributed by atoms with van der Waals surface area (Å²) in [7, 11) is 0. The molecular weight excluding hydrogens is 595 g/mol. The molecule has 1 saturated heterocycles. The Hall–Kier alpha value is -4.08. The Bertz CT molecular complexity index is 1550. The van der Waals surface area contributed by atoms with Crippen LogP contribution in [0.3, 0.4) is 0 Å². The van der Waals surface area contributed by atoms with Gasteiger partial charge in [0, 0.05) is 30.7 Å². The van der Waals surface area contributed by atoms with E-state index in [1.54, 1.807) is 0 Å². The lowest BCUT2D eigenvalue weighted by atomic mass is 9.54. The van der Waals surface area contributed by atoms with E-state index in [9.17, 15) is 29.3 Å². The van der Waals surface area contributed by atoms with E-state index in [-0.39, 0.29) is 36.0 Å². The largest absolute Gasteiger partial charge is 0.457 e. The van der Waals surface area contributed by atoms with E-state index in [2.05, 4.69) is 0 Å². The van der Waals surface area contributed by atoms with Crippen molar-refractivity contribution in [3.8, 4) is 0 Å². The minimum Gasteiger partial charge on any atom is -0.457 e. The van der Waals surface area contributed by atoms with E-state index in [4.69, 9.17) is 27.9 Å². The average Bonchev–Trinajstić information content (AvgIpc) is 3.28. The molecule has 1 aliphatic heterocycles. The van der Waals surface area contributed by atoms with Gasteiger partial charge < -0.3 is 4.74 Å². The first-order chi connectivity index (χ1) is 20.6. The summed E-state index contributed by atoms with van der Waals surface area (Å²) in [6.07, 6.45) is 1.50. The molecule has 3 aliphatic carbocycles. The number of non-ortho nitro benzene ring substituents is 1. The molecular formula is C32H26Cl2N2O7. The summed E-state index contributed by atoms with van der Waals surface area (Å²) < 4.78 is 5.06. The van der Waals surface area contributed by atoms with Crippen LogP contribution < -0.4 is 0 Å². The van der Waals surface area contributed by atoms with E-state index in [1.807, 2.05) is 48.5 Å². The lowest BCUT2D eigenvalue weighted by Gasteiger charge is -2.54. The lowest BCUT2D eigenvalue weighted by Crippen LogP contribution is -2.57. The van der Waals surface area contributed by atoms with Gasteiger partial charge in [0.25, 0.3) is 5.69 Å². The molecule has 7 rings (SSSR count). The summed E-state index contributed by atoms with van der Waals surface area (Å²) in [5.41, 5.74) is 3.06. The van der Waals surface area contributed by atoms with Crippen molar-refractivity contribution in [2.75, 3.05) is 13.2 Å². The minimum atomic E-state index is -1.22. The summed E-state index contributed by atoms with van der Waals surface area (Å²) in [6.45, 7) is -0.299. The summed E-state index contributed by atoms with van der Waals surface area (Å²) >= 11 is 14.8. The molecule has 0 spiro atoms. The first kappa shape index (κ1) is 29.0. The van der Waals surface area contributed by atoms with Crippen LogP contribution in [0, 0.1) is 22.0 Å². The zero-order valence-corrected chi connectivity index (χ0v) is 24.3. The topological polar surface area (TPSA) is 124 Å². The van der Waals surface area contributed by atoms with Gasteiger partial charge >= 0.3 is 5.97 Å². The Balaban J connectivity index is 1.06. The molecule has 2 bridgehead atoms.